The van der Waals surface area contributed by atoms with Gasteiger partial charge in [-0.25, -0.2) is 9.97 Å². The van der Waals surface area contributed by atoms with Crippen molar-refractivity contribution in [1.82, 2.24) is 14.5 Å². The van der Waals surface area contributed by atoms with Crippen LogP contribution in [0.5, 0.6) is 0 Å². The molecule has 0 aliphatic carbocycles. The number of nitrogens with zero attached hydrogens (tertiary/aromatic N) is 3. The molecule has 0 aliphatic rings. The summed E-state index contributed by atoms with van der Waals surface area (Å²) in [4.78, 5) is 8.78. The van der Waals surface area contributed by atoms with Crippen LogP contribution in [0, 0.1) is 6.92 Å². The van der Waals surface area contributed by atoms with E-state index in [0.29, 0.717) is 5.82 Å². The number of aryl methyl sites for hydroxylation is 2. The maximum atomic E-state index is 5.84. The average molecular weight is 238 g/mol. The van der Waals surface area contributed by atoms with E-state index in [9.17, 15) is 0 Å². The fourth-order valence-corrected chi connectivity index (χ4v) is 2.11. The predicted molar refractivity (Wildman–Crippen MR) is 73.1 cm³/mol. The molecular weight excluding hydrogens is 224 g/mol. The van der Waals surface area contributed by atoms with Gasteiger partial charge in [0.2, 0.25) is 0 Å². The molecule has 4 nitrogen and oxygen atoms in total. The van der Waals surface area contributed by atoms with Crippen LogP contribution in [0.1, 0.15) is 5.56 Å². The molecule has 2 heterocycles. The maximum Gasteiger partial charge on any atom is 0.126 e. The van der Waals surface area contributed by atoms with Crippen LogP contribution in [-0.2, 0) is 7.05 Å². The van der Waals surface area contributed by atoms with Crippen LogP contribution >= 0.6 is 0 Å². The van der Waals surface area contributed by atoms with E-state index in [4.69, 9.17) is 5.73 Å². The number of hydrogen-bond donors (Lipinski definition) is 1. The highest BCUT2D eigenvalue weighted by Gasteiger charge is 2.11. The van der Waals surface area contributed by atoms with Crippen molar-refractivity contribution in [3.8, 4) is 11.3 Å². The first-order valence-electron chi connectivity index (χ1n) is 5.80. The highest BCUT2D eigenvalue weighted by Crippen LogP contribution is 2.27. The zero-order chi connectivity index (χ0) is 12.7. The van der Waals surface area contributed by atoms with Gasteiger partial charge in [0.05, 0.1) is 23.1 Å². The van der Waals surface area contributed by atoms with Gasteiger partial charge in [0.25, 0.3) is 0 Å². The predicted octanol–water partition coefficient (Wildman–Crippen LogP) is 2.53. The number of aromatic nitrogens is 3. The third-order valence-corrected chi connectivity index (χ3v) is 3.04. The fraction of sp³-hybridized carbons (Fsp3) is 0.143. The number of imidazole rings is 1. The van der Waals surface area contributed by atoms with Gasteiger partial charge in [0, 0.05) is 18.7 Å². The third-order valence-electron chi connectivity index (χ3n) is 3.04. The van der Waals surface area contributed by atoms with Crippen LogP contribution in [-0.4, -0.2) is 14.5 Å². The molecule has 90 valence electrons. The molecule has 0 saturated heterocycles. The van der Waals surface area contributed by atoms with E-state index in [1.165, 1.54) is 5.56 Å². The molecule has 0 fully saturated rings. The Morgan fingerprint density at radius 3 is 2.61 bits per heavy atom. The molecule has 0 atom stereocenters. The van der Waals surface area contributed by atoms with Crippen molar-refractivity contribution in [3.63, 3.8) is 0 Å². The Kier molecular flexibility index (Phi) is 2.30. The summed E-state index contributed by atoms with van der Waals surface area (Å²) in [5, 5.41) is 0. The van der Waals surface area contributed by atoms with Crippen molar-refractivity contribution in [1.29, 1.82) is 0 Å². The van der Waals surface area contributed by atoms with Gasteiger partial charge >= 0.3 is 0 Å². The highest BCUT2D eigenvalue weighted by molar-refractivity contribution is 5.91. The number of nitrogen functional groups attached to an aromatic ring is 1. The largest absolute Gasteiger partial charge is 0.384 e. The molecule has 0 bridgehead atoms. The second-order valence-electron chi connectivity index (χ2n) is 4.48. The molecule has 0 radical (unpaired) electrons. The minimum Gasteiger partial charge on any atom is -0.384 e. The number of rotatable bonds is 1. The van der Waals surface area contributed by atoms with Crippen molar-refractivity contribution in [2.24, 2.45) is 7.05 Å². The lowest BCUT2D eigenvalue weighted by molar-refractivity contribution is 0.946. The molecular formula is C14H14N4. The SMILES string of the molecule is Cc1ccc(-c2nc(N)cc3ncn(C)c23)cc1. The summed E-state index contributed by atoms with van der Waals surface area (Å²) in [7, 11) is 1.96. The van der Waals surface area contributed by atoms with Gasteiger partial charge in [0.15, 0.2) is 0 Å². The Hall–Kier alpha value is -2.36. The normalized spacial score (nSPS) is 11.0. The summed E-state index contributed by atoms with van der Waals surface area (Å²) in [6.07, 6.45) is 1.78. The van der Waals surface area contributed by atoms with Crippen LogP contribution in [0.25, 0.3) is 22.3 Å². The topological polar surface area (TPSA) is 56.7 Å². The molecule has 0 saturated carbocycles. The lowest BCUT2D eigenvalue weighted by Crippen LogP contribution is -1.96. The first-order chi connectivity index (χ1) is 8.65. The summed E-state index contributed by atoms with van der Waals surface area (Å²) in [5.74, 6) is 0.497. The molecule has 0 aliphatic heterocycles. The number of anilines is 1. The molecule has 0 spiro atoms. The van der Waals surface area contributed by atoms with E-state index in [1.807, 2.05) is 11.6 Å². The fourth-order valence-electron chi connectivity index (χ4n) is 2.11. The summed E-state index contributed by atoms with van der Waals surface area (Å²) in [6, 6.07) is 10.1. The molecule has 3 rings (SSSR count). The van der Waals surface area contributed by atoms with E-state index >= 15 is 0 Å². The third kappa shape index (κ3) is 1.62. The number of nitrogens with two attached hydrogens (primary N) is 1. The Bertz CT molecular complexity index is 710. The van der Waals surface area contributed by atoms with Gasteiger partial charge in [-0.15, -0.1) is 0 Å². The number of benzene rings is 1. The van der Waals surface area contributed by atoms with E-state index in [0.717, 1.165) is 22.3 Å². The molecule has 1 aromatic carbocycles. The molecule has 0 amide bonds. The number of fused-ring (bicyclic) bond motifs is 1. The average Bonchev–Trinajstić information content (AvgIpc) is 2.71. The van der Waals surface area contributed by atoms with Crippen molar-refractivity contribution >= 4 is 16.9 Å². The van der Waals surface area contributed by atoms with Gasteiger partial charge in [-0.2, -0.15) is 0 Å². The van der Waals surface area contributed by atoms with Crippen molar-refractivity contribution in [3.05, 3.63) is 42.2 Å². The smallest absolute Gasteiger partial charge is 0.126 e. The molecule has 18 heavy (non-hydrogen) atoms. The standard InChI is InChI=1S/C14H14N4/c1-9-3-5-10(6-4-9)13-14-11(7-12(15)17-13)16-8-18(14)2/h3-8H,1-2H3,(H2,15,17). The second-order valence-corrected chi connectivity index (χ2v) is 4.48. The van der Waals surface area contributed by atoms with Crippen LogP contribution in [0.3, 0.4) is 0 Å². The lowest BCUT2D eigenvalue weighted by atomic mass is 10.1. The molecule has 2 aromatic heterocycles. The Balaban J connectivity index is 2.33. The van der Waals surface area contributed by atoms with E-state index in [1.54, 1.807) is 12.4 Å². The van der Waals surface area contributed by atoms with Crippen molar-refractivity contribution in [2.45, 2.75) is 6.92 Å². The van der Waals surface area contributed by atoms with E-state index < -0.39 is 0 Å². The molecule has 3 aromatic rings. The maximum absolute atomic E-state index is 5.84. The summed E-state index contributed by atoms with van der Waals surface area (Å²) >= 11 is 0. The highest BCUT2D eigenvalue weighted by atomic mass is 15.0. The van der Waals surface area contributed by atoms with Crippen LogP contribution < -0.4 is 5.73 Å². The minimum absolute atomic E-state index is 0.497. The Labute approximate surface area is 105 Å². The summed E-state index contributed by atoms with van der Waals surface area (Å²) in [6.45, 7) is 2.07. The first-order valence-corrected chi connectivity index (χ1v) is 5.80. The lowest BCUT2D eigenvalue weighted by Gasteiger charge is -2.06. The van der Waals surface area contributed by atoms with E-state index in [2.05, 4.69) is 41.2 Å². The summed E-state index contributed by atoms with van der Waals surface area (Å²) in [5.41, 5.74) is 10.9. The minimum atomic E-state index is 0.497. The van der Waals surface area contributed by atoms with Crippen molar-refractivity contribution < 1.29 is 0 Å². The Morgan fingerprint density at radius 1 is 1.17 bits per heavy atom. The van der Waals surface area contributed by atoms with Gasteiger partial charge in [0.1, 0.15) is 5.82 Å². The second kappa shape index (κ2) is 3.84. The van der Waals surface area contributed by atoms with Gasteiger partial charge in [-0.05, 0) is 6.92 Å². The van der Waals surface area contributed by atoms with E-state index in [-0.39, 0.29) is 0 Å². The molecule has 0 unspecified atom stereocenters. The molecule has 4 heteroatoms. The zero-order valence-corrected chi connectivity index (χ0v) is 10.4. The first kappa shape index (κ1) is 10.8. The van der Waals surface area contributed by atoms with Gasteiger partial charge < -0.3 is 10.3 Å². The Morgan fingerprint density at radius 2 is 1.89 bits per heavy atom. The number of hydrogen-bond acceptors (Lipinski definition) is 3. The monoisotopic (exact) mass is 238 g/mol. The van der Waals surface area contributed by atoms with Crippen molar-refractivity contribution in [2.75, 3.05) is 5.73 Å². The van der Waals surface area contributed by atoms with Crippen LogP contribution in [0.15, 0.2) is 36.7 Å². The van der Waals surface area contributed by atoms with Crippen LogP contribution in [0.4, 0.5) is 5.82 Å². The molecule has 2 N–H and O–H groups in total. The van der Waals surface area contributed by atoms with Gasteiger partial charge in [-0.1, -0.05) is 29.8 Å². The van der Waals surface area contributed by atoms with Crippen LogP contribution in [0.2, 0.25) is 0 Å². The number of pyridine rings is 1. The quantitative estimate of drug-likeness (QED) is 0.708. The summed E-state index contributed by atoms with van der Waals surface area (Å²) < 4.78 is 1.97. The van der Waals surface area contributed by atoms with Gasteiger partial charge in [-0.3, -0.25) is 0 Å². The zero-order valence-electron chi connectivity index (χ0n) is 10.4.